The predicted octanol–water partition coefficient (Wildman–Crippen LogP) is 1.25. The van der Waals surface area contributed by atoms with Crippen LogP contribution in [0.25, 0.3) is 0 Å². The van der Waals surface area contributed by atoms with Gasteiger partial charge in [0.2, 0.25) is 0 Å². The van der Waals surface area contributed by atoms with Crippen LogP contribution in [0.15, 0.2) is 5.16 Å². The van der Waals surface area contributed by atoms with Gasteiger partial charge in [-0.15, -0.1) is 0 Å². The number of nitrogens with zero attached hydrogens (tertiary/aromatic N) is 1. The molecule has 0 aromatic heterocycles. The quantitative estimate of drug-likeness (QED) is 0.349. The molecule has 0 fully saturated rings. The van der Waals surface area contributed by atoms with Crippen LogP contribution in [0.3, 0.4) is 0 Å². The number of oxime groups is 1. The van der Waals surface area contributed by atoms with Crippen LogP contribution < -0.4 is 0 Å². The van der Waals surface area contributed by atoms with E-state index in [0.29, 0.717) is 12.1 Å². The maximum absolute atomic E-state index is 8.54. The fourth-order valence-electron chi connectivity index (χ4n) is 0.681. The summed E-state index contributed by atoms with van der Waals surface area (Å²) in [5.41, 5.74) is 0.493. The van der Waals surface area contributed by atoms with Crippen molar-refractivity contribution in [3.8, 4) is 0 Å². The minimum Gasteiger partial charge on any atom is -0.411 e. The zero-order valence-corrected chi connectivity index (χ0v) is 6.76. The van der Waals surface area contributed by atoms with Crippen molar-refractivity contribution in [2.24, 2.45) is 10.6 Å². The SMILES string of the molecule is CC(C)(C)/C(CCO)=N/O. The summed E-state index contributed by atoms with van der Waals surface area (Å²) < 4.78 is 0. The molecule has 0 aromatic carbocycles. The Labute approximate surface area is 61.4 Å². The summed E-state index contributed by atoms with van der Waals surface area (Å²) in [7, 11) is 0. The highest BCUT2D eigenvalue weighted by Gasteiger charge is 2.18. The van der Waals surface area contributed by atoms with Crippen LogP contribution in [-0.2, 0) is 0 Å². The Kier molecular flexibility index (Phi) is 3.36. The second-order valence-corrected chi connectivity index (χ2v) is 3.27. The van der Waals surface area contributed by atoms with E-state index >= 15 is 0 Å². The molecule has 0 aliphatic carbocycles. The van der Waals surface area contributed by atoms with Crippen molar-refractivity contribution in [1.29, 1.82) is 0 Å². The van der Waals surface area contributed by atoms with Gasteiger partial charge in [0.15, 0.2) is 0 Å². The van der Waals surface area contributed by atoms with Gasteiger partial charge in [-0.1, -0.05) is 25.9 Å². The van der Waals surface area contributed by atoms with Crippen LogP contribution in [0.1, 0.15) is 27.2 Å². The number of rotatable bonds is 2. The van der Waals surface area contributed by atoms with Gasteiger partial charge < -0.3 is 10.3 Å². The molecule has 0 rings (SSSR count). The number of aliphatic hydroxyl groups is 1. The van der Waals surface area contributed by atoms with Crippen LogP contribution >= 0.6 is 0 Å². The van der Waals surface area contributed by atoms with Crippen molar-refractivity contribution in [2.75, 3.05) is 6.61 Å². The van der Waals surface area contributed by atoms with E-state index in [1.807, 2.05) is 20.8 Å². The standard InChI is InChI=1S/C7H15NO2/c1-7(2,3)6(8-10)4-5-9/h9-10H,4-5H2,1-3H3/b8-6+. The second-order valence-electron chi connectivity index (χ2n) is 3.27. The average molecular weight is 145 g/mol. The van der Waals surface area contributed by atoms with Crippen LogP contribution in [0, 0.1) is 5.41 Å². The van der Waals surface area contributed by atoms with Crippen molar-refractivity contribution in [3.05, 3.63) is 0 Å². The van der Waals surface area contributed by atoms with E-state index in [9.17, 15) is 0 Å². The molecule has 0 atom stereocenters. The van der Waals surface area contributed by atoms with Crippen LogP contribution in [0.5, 0.6) is 0 Å². The molecular formula is C7H15NO2. The van der Waals surface area contributed by atoms with Gasteiger partial charge in [-0.2, -0.15) is 0 Å². The lowest BCUT2D eigenvalue weighted by Crippen LogP contribution is -2.21. The molecule has 0 heterocycles. The van der Waals surface area contributed by atoms with Crippen molar-refractivity contribution >= 4 is 5.71 Å². The Bertz CT molecular complexity index is 124. The smallest absolute Gasteiger partial charge is 0.0646 e. The molecule has 0 bridgehead atoms. The zero-order valence-electron chi connectivity index (χ0n) is 6.76. The van der Waals surface area contributed by atoms with E-state index < -0.39 is 0 Å². The van der Waals surface area contributed by atoms with E-state index in [4.69, 9.17) is 10.3 Å². The van der Waals surface area contributed by atoms with Crippen LogP contribution in [0.4, 0.5) is 0 Å². The van der Waals surface area contributed by atoms with Gasteiger partial charge in [0.1, 0.15) is 0 Å². The third-order valence-corrected chi connectivity index (χ3v) is 1.34. The highest BCUT2D eigenvalue weighted by atomic mass is 16.4. The van der Waals surface area contributed by atoms with Crippen molar-refractivity contribution in [2.45, 2.75) is 27.2 Å². The molecule has 0 amide bonds. The van der Waals surface area contributed by atoms with Crippen molar-refractivity contribution in [1.82, 2.24) is 0 Å². The maximum atomic E-state index is 8.54. The van der Waals surface area contributed by atoms with E-state index in [0.717, 1.165) is 0 Å². The molecule has 3 heteroatoms. The van der Waals surface area contributed by atoms with Crippen LogP contribution in [0.2, 0.25) is 0 Å². The summed E-state index contributed by atoms with van der Waals surface area (Å²) in [5.74, 6) is 0. The molecule has 0 saturated heterocycles. The normalized spacial score (nSPS) is 13.8. The average Bonchev–Trinajstić information content (AvgIpc) is 1.80. The Morgan fingerprint density at radius 1 is 1.40 bits per heavy atom. The highest BCUT2D eigenvalue weighted by Crippen LogP contribution is 2.17. The summed E-state index contributed by atoms with van der Waals surface area (Å²) in [5, 5.41) is 20.1. The Morgan fingerprint density at radius 2 is 1.90 bits per heavy atom. The predicted molar refractivity (Wildman–Crippen MR) is 40.4 cm³/mol. The third-order valence-electron chi connectivity index (χ3n) is 1.34. The van der Waals surface area contributed by atoms with Gasteiger partial charge in [0, 0.05) is 18.4 Å². The molecule has 0 saturated carbocycles. The zero-order chi connectivity index (χ0) is 8.20. The highest BCUT2D eigenvalue weighted by molar-refractivity contribution is 5.88. The fourth-order valence-corrected chi connectivity index (χ4v) is 0.681. The van der Waals surface area contributed by atoms with E-state index in [2.05, 4.69) is 5.16 Å². The molecule has 10 heavy (non-hydrogen) atoms. The van der Waals surface area contributed by atoms with Crippen molar-refractivity contribution in [3.63, 3.8) is 0 Å². The molecule has 0 aromatic rings. The first-order chi connectivity index (χ1) is 4.52. The van der Waals surface area contributed by atoms with Gasteiger partial charge in [0.25, 0.3) is 0 Å². The first-order valence-electron chi connectivity index (χ1n) is 3.34. The van der Waals surface area contributed by atoms with E-state index in [1.54, 1.807) is 0 Å². The molecule has 0 spiro atoms. The van der Waals surface area contributed by atoms with Gasteiger partial charge in [-0.05, 0) is 0 Å². The number of aliphatic hydroxyl groups excluding tert-OH is 1. The Hall–Kier alpha value is -0.570. The van der Waals surface area contributed by atoms with E-state index in [1.165, 1.54) is 0 Å². The lowest BCUT2D eigenvalue weighted by Gasteiger charge is -2.18. The van der Waals surface area contributed by atoms with Crippen molar-refractivity contribution < 1.29 is 10.3 Å². The molecule has 3 nitrogen and oxygen atoms in total. The third kappa shape index (κ3) is 2.82. The van der Waals surface area contributed by atoms with E-state index in [-0.39, 0.29) is 12.0 Å². The molecule has 0 aliphatic rings. The van der Waals surface area contributed by atoms with Gasteiger partial charge >= 0.3 is 0 Å². The topological polar surface area (TPSA) is 52.8 Å². The summed E-state index contributed by atoms with van der Waals surface area (Å²) >= 11 is 0. The van der Waals surface area contributed by atoms with Crippen LogP contribution in [-0.4, -0.2) is 22.6 Å². The minimum atomic E-state index is -0.141. The summed E-state index contributed by atoms with van der Waals surface area (Å²) in [6.45, 7) is 5.86. The number of hydrogen-bond donors (Lipinski definition) is 2. The minimum absolute atomic E-state index is 0.0384. The maximum Gasteiger partial charge on any atom is 0.0646 e. The first kappa shape index (κ1) is 9.43. The first-order valence-corrected chi connectivity index (χ1v) is 3.34. The fraction of sp³-hybridized carbons (Fsp3) is 0.857. The molecule has 2 N–H and O–H groups in total. The molecule has 0 radical (unpaired) electrons. The lowest BCUT2D eigenvalue weighted by molar-refractivity contribution is 0.285. The van der Waals surface area contributed by atoms with Gasteiger partial charge in [-0.3, -0.25) is 0 Å². The second kappa shape index (κ2) is 3.56. The van der Waals surface area contributed by atoms with Gasteiger partial charge in [0.05, 0.1) is 5.71 Å². The largest absolute Gasteiger partial charge is 0.411 e. The molecule has 0 aliphatic heterocycles. The Morgan fingerprint density at radius 3 is 2.00 bits per heavy atom. The number of hydrogen-bond acceptors (Lipinski definition) is 3. The van der Waals surface area contributed by atoms with Gasteiger partial charge in [-0.25, -0.2) is 0 Å². The molecule has 60 valence electrons. The summed E-state index contributed by atoms with van der Waals surface area (Å²) in [6.07, 6.45) is 0.444. The molecule has 0 unspecified atom stereocenters. The summed E-state index contributed by atoms with van der Waals surface area (Å²) in [4.78, 5) is 0. The summed E-state index contributed by atoms with van der Waals surface area (Å²) in [6, 6.07) is 0. The Balaban J connectivity index is 4.10. The molecular weight excluding hydrogens is 130 g/mol. The lowest BCUT2D eigenvalue weighted by atomic mass is 9.88. The monoisotopic (exact) mass is 145 g/mol.